The molecule has 0 spiro atoms. The molecule has 0 saturated heterocycles. The van der Waals surface area contributed by atoms with E-state index < -0.39 is 12.1 Å². The Kier molecular flexibility index (Phi) is 3.71. The van der Waals surface area contributed by atoms with E-state index in [-0.39, 0.29) is 11.8 Å². The van der Waals surface area contributed by atoms with Gasteiger partial charge in [0, 0.05) is 5.69 Å². The van der Waals surface area contributed by atoms with Crippen LogP contribution in [0.4, 0.5) is 11.4 Å². The minimum Gasteiger partial charge on any atom is -0.479 e. The molecule has 1 aliphatic rings. The van der Waals surface area contributed by atoms with Crippen molar-refractivity contribution in [3.8, 4) is 5.75 Å². The molecule has 4 N–H and O–H groups in total. The summed E-state index contributed by atoms with van der Waals surface area (Å²) < 4.78 is 5.42. The van der Waals surface area contributed by atoms with Crippen molar-refractivity contribution >= 4 is 23.2 Å². The molecule has 102 valence electrons. The zero-order chi connectivity index (χ0) is 14.0. The number of anilines is 2. The second-order valence-electron chi connectivity index (χ2n) is 4.46. The van der Waals surface area contributed by atoms with Gasteiger partial charge < -0.3 is 21.1 Å². The Morgan fingerprint density at radius 1 is 1.58 bits per heavy atom. The summed E-state index contributed by atoms with van der Waals surface area (Å²) in [5.41, 5.74) is 6.76. The fourth-order valence-electron chi connectivity index (χ4n) is 1.71. The normalized spacial score (nSPS) is 18.9. The maximum absolute atomic E-state index is 11.7. The Hall–Kier alpha value is -2.08. The molecule has 1 heterocycles. The van der Waals surface area contributed by atoms with Gasteiger partial charge in [-0.1, -0.05) is 6.92 Å². The van der Waals surface area contributed by atoms with Crippen LogP contribution in [0.3, 0.4) is 0 Å². The molecular weight excluding hydrogens is 246 g/mol. The maximum atomic E-state index is 11.7. The van der Waals surface area contributed by atoms with E-state index in [0.717, 1.165) is 0 Å². The standard InChI is InChI=1S/C13H17N3O3/c1-3-9(14)13(18)15-8-4-5-11-10(6-8)16-12(17)7(2)19-11/h4-7,9H,3,14H2,1-2H3,(H,15,18)(H,16,17)/t7?,9-/m1/s1. The van der Waals surface area contributed by atoms with E-state index in [1.807, 2.05) is 6.92 Å². The maximum Gasteiger partial charge on any atom is 0.265 e. The fraction of sp³-hybridized carbons (Fsp3) is 0.385. The first-order valence-electron chi connectivity index (χ1n) is 6.19. The van der Waals surface area contributed by atoms with E-state index in [9.17, 15) is 9.59 Å². The van der Waals surface area contributed by atoms with Crippen LogP contribution >= 0.6 is 0 Å². The quantitative estimate of drug-likeness (QED) is 0.760. The number of nitrogens with two attached hydrogens (primary N) is 1. The van der Waals surface area contributed by atoms with E-state index in [2.05, 4.69) is 10.6 Å². The van der Waals surface area contributed by atoms with Gasteiger partial charge in [0.1, 0.15) is 5.75 Å². The number of ether oxygens (including phenoxy) is 1. The summed E-state index contributed by atoms with van der Waals surface area (Å²) in [6, 6.07) is 4.53. The lowest BCUT2D eigenvalue weighted by molar-refractivity contribution is -0.122. The van der Waals surface area contributed by atoms with E-state index in [4.69, 9.17) is 10.5 Å². The SMILES string of the molecule is CC[C@@H](N)C(=O)Nc1ccc2c(c1)NC(=O)C(C)O2. The van der Waals surface area contributed by atoms with E-state index in [0.29, 0.717) is 23.5 Å². The Balaban J connectivity index is 2.15. The lowest BCUT2D eigenvalue weighted by atomic mass is 10.2. The lowest BCUT2D eigenvalue weighted by Crippen LogP contribution is -2.35. The minimum atomic E-state index is -0.540. The van der Waals surface area contributed by atoms with Crippen LogP contribution < -0.4 is 21.1 Å². The van der Waals surface area contributed by atoms with Gasteiger partial charge in [-0.05, 0) is 31.5 Å². The van der Waals surface area contributed by atoms with Crippen LogP contribution in [0.15, 0.2) is 18.2 Å². The van der Waals surface area contributed by atoms with Crippen LogP contribution in [0, 0.1) is 0 Å². The van der Waals surface area contributed by atoms with Crippen LogP contribution in [0.5, 0.6) is 5.75 Å². The molecule has 6 nitrogen and oxygen atoms in total. The lowest BCUT2D eigenvalue weighted by Gasteiger charge is -2.23. The van der Waals surface area contributed by atoms with Crippen molar-refractivity contribution in [1.29, 1.82) is 0 Å². The summed E-state index contributed by atoms with van der Waals surface area (Å²) in [5.74, 6) is 0.130. The number of carbonyl (C=O) groups is 2. The van der Waals surface area contributed by atoms with Crippen molar-refractivity contribution in [3.05, 3.63) is 18.2 Å². The molecular formula is C13H17N3O3. The number of benzene rings is 1. The van der Waals surface area contributed by atoms with Crippen molar-refractivity contribution in [2.45, 2.75) is 32.4 Å². The van der Waals surface area contributed by atoms with Gasteiger partial charge >= 0.3 is 0 Å². The molecule has 1 aromatic rings. The van der Waals surface area contributed by atoms with Gasteiger partial charge in [-0.2, -0.15) is 0 Å². The van der Waals surface area contributed by atoms with Gasteiger partial charge in [0.05, 0.1) is 11.7 Å². The zero-order valence-electron chi connectivity index (χ0n) is 10.9. The van der Waals surface area contributed by atoms with Gasteiger partial charge in [0.15, 0.2) is 6.10 Å². The predicted molar refractivity (Wildman–Crippen MR) is 72.1 cm³/mol. The van der Waals surface area contributed by atoms with E-state index in [1.165, 1.54) is 0 Å². The molecule has 19 heavy (non-hydrogen) atoms. The van der Waals surface area contributed by atoms with Crippen molar-refractivity contribution in [1.82, 2.24) is 0 Å². The molecule has 2 amide bonds. The number of nitrogens with one attached hydrogen (secondary N) is 2. The van der Waals surface area contributed by atoms with Crippen molar-refractivity contribution in [2.24, 2.45) is 5.73 Å². The molecule has 0 radical (unpaired) electrons. The van der Waals surface area contributed by atoms with Crippen molar-refractivity contribution < 1.29 is 14.3 Å². The highest BCUT2D eigenvalue weighted by Crippen LogP contribution is 2.32. The van der Waals surface area contributed by atoms with Crippen LogP contribution in [0.2, 0.25) is 0 Å². The number of rotatable bonds is 3. The Bertz CT molecular complexity index is 516. The molecule has 2 atom stereocenters. The number of hydrogen-bond acceptors (Lipinski definition) is 4. The smallest absolute Gasteiger partial charge is 0.265 e. The van der Waals surface area contributed by atoms with Gasteiger partial charge in [-0.15, -0.1) is 0 Å². The first-order valence-corrected chi connectivity index (χ1v) is 6.19. The summed E-state index contributed by atoms with van der Waals surface area (Å²) in [7, 11) is 0. The summed E-state index contributed by atoms with van der Waals surface area (Å²) in [4.78, 5) is 23.2. The second kappa shape index (κ2) is 5.27. The van der Waals surface area contributed by atoms with Crippen LogP contribution in [0.1, 0.15) is 20.3 Å². The van der Waals surface area contributed by atoms with E-state index >= 15 is 0 Å². The number of carbonyl (C=O) groups excluding carboxylic acids is 2. The molecule has 1 unspecified atom stereocenters. The fourth-order valence-corrected chi connectivity index (χ4v) is 1.71. The molecule has 0 saturated carbocycles. The predicted octanol–water partition coefficient (Wildman–Crippen LogP) is 1.08. The third kappa shape index (κ3) is 2.85. The molecule has 0 aliphatic carbocycles. The topological polar surface area (TPSA) is 93.5 Å². The van der Waals surface area contributed by atoms with Gasteiger partial charge in [-0.3, -0.25) is 9.59 Å². The first-order chi connectivity index (χ1) is 9.01. The third-order valence-corrected chi connectivity index (χ3v) is 2.95. The third-order valence-electron chi connectivity index (χ3n) is 2.95. The largest absolute Gasteiger partial charge is 0.479 e. The molecule has 2 rings (SSSR count). The van der Waals surface area contributed by atoms with Crippen LogP contribution in [0.25, 0.3) is 0 Å². The molecule has 6 heteroatoms. The Labute approximate surface area is 111 Å². The Morgan fingerprint density at radius 3 is 3.00 bits per heavy atom. The number of amides is 2. The van der Waals surface area contributed by atoms with Crippen LogP contribution in [-0.4, -0.2) is 24.0 Å². The van der Waals surface area contributed by atoms with Crippen molar-refractivity contribution in [2.75, 3.05) is 10.6 Å². The average molecular weight is 263 g/mol. The minimum absolute atomic E-state index is 0.207. The number of hydrogen-bond donors (Lipinski definition) is 3. The van der Waals surface area contributed by atoms with Crippen molar-refractivity contribution in [3.63, 3.8) is 0 Å². The molecule has 1 aliphatic heterocycles. The van der Waals surface area contributed by atoms with E-state index in [1.54, 1.807) is 25.1 Å². The van der Waals surface area contributed by atoms with Gasteiger partial charge in [0.25, 0.3) is 5.91 Å². The summed E-state index contributed by atoms with van der Waals surface area (Å²) in [6.07, 6.45) is 0.0511. The monoisotopic (exact) mass is 263 g/mol. The summed E-state index contributed by atoms with van der Waals surface area (Å²) in [6.45, 7) is 3.51. The summed E-state index contributed by atoms with van der Waals surface area (Å²) in [5, 5.41) is 5.42. The van der Waals surface area contributed by atoms with Gasteiger partial charge in [0.2, 0.25) is 5.91 Å². The molecule has 0 fully saturated rings. The highest BCUT2D eigenvalue weighted by molar-refractivity contribution is 5.99. The van der Waals surface area contributed by atoms with Crippen LogP contribution in [-0.2, 0) is 9.59 Å². The second-order valence-corrected chi connectivity index (χ2v) is 4.46. The molecule has 0 bridgehead atoms. The highest BCUT2D eigenvalue weighted by atomic mass is 16.5. The van der Waals surface area contributed by atoms with Gasteiger partial charge in [-0.25, -0.2) is 0 Å². The summed E-state index contributed by atoms with van der Waals surface area (Å²) >= 11 is 0. The number of fused-ring (bicyclic) bond motifs is 1. The molecule has 1 aromatic carbocycles. The zero-order valence-corrected chi connectivity index (χ0v) is 10.9. The highest BCUT2D eigenvalue weighted by Gasteiger charge is 2.23. The molecule has 0 aromatic heterocycles. The Morgan fingerprint density at radius 2 is 2.32 bits per heavy atom. The first kappa shape index (κ1) is 13.4. The average Bonchev–Trinajstić information content (AvgIpc) is 2.39.